The third-order valence-corrected chi connectivity index (χ3v) is 5.36. The number of piperazine rings is 1. The number of anilines is 2. The summed E-state index contributed by atoms with van der Waals surface area (Å²) in [7, 11) is 2.11. The van der Waals surface area contributed by atoms with Crippen LogP contribution in [-0.4, -0.2) is 55.8 Å². The third kappa shape index (κ3) is 5.84. The molecular formula is C22H27ClN4O2S. The number of hydrogen-bond acceptors (Lipinski definition) is 5. The van der Waals surface area contributed by atoms with Crippen molar-refractivity contribution in [2.75, 3.05) is 50.1 Å². The number of para-hydroxylation sites is 1. The second-order valence-corrected chi connectivity index (χ2v) is 8.03. The van der Waals surface area contributed by atoms with Gasteiger partial charge in [-0.15, -0.1) is 0 Å². The Bertz CT molecular complexity index is 900. The quantitative estimate of drug-likeness (QED) is 0.654. The maximum absolute atomic E-state index is 12.6. The first-order valence-electron chi connectivity index (χ1n) is 10.0. The standard InChI is InChI=1S/C22H27ClN4O2S/c1-3-14-29-17-7-4-6-16(15-17)21(28)25-22(30)24-19-9-5-8-18(23)20(19)27-12-10-26(2)11-13-27/h4-9,15H,3,10-14H2,1-2H3,(H2,24,25,28,30). The number of rotatable bonds is 6. The highest BCUT2D eigenvalue weighted by Crippen LogP contribution is 2.34. The molecule has 1 fully saturated rings. The van der Waals surface area contributed by atoms with Gasteiger partial charge >= 0.3 is 0 Å². The highest BCUT2D eigenvalue weighted by molar-refractivity contribution is 7.80. The molecule has 0 aromatic heterocycles. The summed E-state index contributed by atoms with van der Waals surface area (Å²) in [6, 6.07) is 12.7. The summed E-state index contributed by atoms with van der Waals surface area (Å²) in [4.78, 5) is 17.1. The summed E-state index contributed by atoms with van der Waals surface area (Å²) in [5.74, 6) is 0.369. The Hall–Kier alpha value is -2.35. The summed E-state index contributed by atoms with van der Waals surface area (Å²) in [5, 5.41) is 6.75. The fourth-order valence-electron chi connectivity index (χ4n) is 3.24. The van der Waals surface area contributed by atoms with Crippen molar-refractivity contribution in [2.24, 2.45) is 0 Å². The first kappa shape index (κ1) is 22.3. The Morgan fingerprint density at radius 1 is 1.17 bits per heavy atom. The Morgan fingerprint density at radius 2 is 1.90 bits per heavy atom. The summed E-state index contributed by atoms with van der Waals surface area (Å²) in [6.45, 7) is 6.31. The highest BCUT2D eigenvalue weighted by Gasteiger charge is 2.20. The molecule has 2 aromatic carbocycles. The van der Waals surface area contributed by atoms with Crippen LogP contribution in [0.3, 0.4) is 0 Å². The topological polar surface area (TPSA) is 56.8 Å². The van der Waals surface area contributed by atoms with Gasteiger partial charge in [0.1, 0.15) is 5.75 Å². The second-order valence-electron chi connectivity index (χ2n) is 7.21. The van der Waals surface area contributed by atoms with E-state index in [2.05, 4.69) is 27.5 Å². The minimum absolute atomic E-state index is 0.220. The van der Waals surface area contributed by atoms with Crippen LogP contribution in [0.15, 0.2) is 42.5 Å². The molecule has 0 radical (unpaired) electrons. The molecule has 0 unspecified atom stereocenters. The molecule has 2 N–H and O–H groups in total. The molecule has 1 aliphatic heterocycles. The molecule has 0 spiro atoms. The molecule has 1 aliphatic rings. The summed E-state index contributed by atoms with van der Waals surface area (Å²) in [5.41, 5.74) is 2.16. The Labute approximate surface area is 188 Å². The van der Waals surface area contributed by atoms with Crippen LogP contribution in [0.4, 0.5) is 11.4 Å². The van der Waals surface area contributed by atoms with Gasteiger partial charge in [0, 0.05) is 31.7 Å². The van der Waals surface area contributed by atoms with E-state index in [9.17, 15) is 4.79 Å². The van der Waals surface area contributed by atoms with Gasteiger partial charge in [0.2, 0.25) is 0 Å². The van der Waals surface area contributed by atoms with E-state index in [0.717, 1.165) is 44.0 Å². The summed E-state index contributed by atoms with van der Waals surface area (Å²) < 4.78 is 5.60. The van der Waals surface area contributed by atoms with Crippen molar-refractivity contribution in [3.05, 3.63) is 53.1 Å². The number of carbonyl (C=O) groups is 1. The van der Waals surface area contributed by atoms with E-state index >= 15 is 0 Å². The van der Waals surface area contributed by atoms with Gasteiger partial charge in [-0.1, -0.05) is 30.7 Å². The normalized spacial score (nSPS) is 14.3. The molecule has 6 nitrogen and oxygen atoms in total. The lowest BCUT2D eigenvalue weighted by atomic mass is 10.2. The predicted molar refractivity (Wildman–Crippen MR) is 127 cm³/mol. The Balaban J connectivity index is 1.68. The van der Waals surface area contributed by atoms with E-state index in [1.807, 2.05) is 31.2 Å². The van der Waals surface area contributed by atoms with Crippen LogP contribution in [0.2, 0.25) is 5.02 Å². The average molecular weight is 447 g/mol. The summed E-state index contributed by atoms with van der Waals surface area (Å²) in [6.07, 6.45) is 0.902. The van der Waals surface area contributed by atoms with Gasteiger partial charge in [0.15, 0.2) is 5.11 Å². The molecule has 1 heterocycles. The summed E-state index contributed by atoms with van der Waals surface area (Å²) >= 11 is 11.9. The molecule has 0 saturated carbocycles. The lowest BCUT2D eigenvalue weighted by molar-refractivity contribution is 0.0977. The first-order chi connectivity index (χ1) is 14.5. The fraction of sp³-hybridized carbons (Fsp3) is 0.364. The molecule has 30 heavy (non-hydrogen) atoms. The maximum atomic E-state index is 12.6. The van der Waals surface area contributed by atoms with Crippen LogP contribution in [0.25, 0.3) is 0 Å². The van der Waals surface area contributed by atoms with Crippen molar-refractivity contribution in [2.45, 2.75) is 13.3 Å². The van der Waals surface area contributed by atoms with Gasteiger partial charge in [0.05, 0.1) is 23.0 Å². The van der Waals surface area contributed by atoms with Crippen LogP contribution < -0.4 is 20.3 Å². The van der Waals surface area contributed by atoms with Crippen LogP contribution in [-0.2, 0) is 0 Å². The van der Waals surface area contributed by atoms with Crippen LogP contribution in [0.1, 0.15) is 23.7 Å². The minimum Gasteiger partial charge on any atom is -0.494 e. The lowest BCUT2D eigenvalue weighted by Crippen LogP contribution is -2.45. The first-order valence-corrected chi connectivity index (χ1v) is 10.8. The van der Waals surface area contributed by atoms with E-state index in [1.54, 1.807) is 18.2 Å². The van der Waals surface area contributed by atoms with Crippen LogP contribution in [0.5, 0.6) is 5.75 Å². The van der Waals surface area contributed by atoms with Crippen molar-refractivity contribution in [1.29, 1.82) is 0 Å². The lowest BCUT2D eigenvalue weighted by Gasteiger charge is -2.35. The molecule has 3 rings (SSSR count). The van der Waals surface area contributed by atoms with Gasteiger partial charge in [-0.3, -0.25) is 10.1 Å². The van der Waals surface area contributed by atoms with E-state index in [0.29, 0.717) is 22.9 Å². The van der Waals surface area contributed by atoms with E-state index in [4.69, 9.17) is 28.6 Å². The number of amides is 1. The van der Waals surface area contributed by atoms with E-state index in [-0.39, 0.29) is 11.0 Å². The van der Waals surface area contributed by atoms with Crippen molar-refractivity contribution >= 4 is 46.2 Å². The fourth-order valence-corrected chi connectivity index (χ4v) is 3.74. The molecule has 8 heteroatoms. The van der Waals surface area contributed by atoms with Gasteiger partial charge in [0.25, 0.3) is 5.91 Å². The molecule has 2 aromatic rings. The Morgan fingerprint density at radius 3 is 2.63 bits per heavy atom. The predicted octanol–water partition coefficient (Wildman–Crippen LogP) is 4.01. The molecular weight excluding hydrogens is 420 g/mol. The zero-order valence-electron chi connectivity index (χ0n) is 17.3. The van der Waals surface area contributed by atoms with Crippen molar-refractivity contribution in [1.82, 2.24) is 10.2 Å². The molecule has 1 saturated heterocycles. The van der Waals surface area contributed by atoms with Gasteiger partial charge in [-0.2, -0.15) is 0 Å². The number of ether oxygens (including phenoxy) is 1. The van der Waals surface area contributed by atoms with Crippen molar-refractivity contribution in [3.63, 3.8) is 0 Å². The van der Waals surface area contributed by atoms with E-state index in [1.165, 1.54) is 0 Å². The highest BCUT2D eigenvalue weighted by atomic mass is 35.5. The zero-order valence-corrected chi connectivity index (χ0v) is 18.9. The van der Waals surface area contributed by atoms with Crippen LogP contribution in [0, 0.1) is 0 Å². The number of nitrogens with zero attached hydrogens (tertiary/aromatic N) is 2. The number of halogens is 1. The second kappa shape index (κ2) is 10.6. The number of hydrogen-bond donors (Lipinski definition) is 2. The maximum Gasteiger partial charge on any atom is 0.257 e. The number of thiocarbonyl (C=S) groups is 1. The van der Waals surface area contributed by atoms with Crippen LogP contribution >= 0.6 is 23.8 Å². The van der Waals surface area contributed by atoms with Crippen molar-refractivity contribution < 1.29 is 9.53 Å². The zero-order chi connectivity index (χ0) is 21.5. The molecule has 160 valence electrons. The number of likely N-dealkylation sites (N-methyl/N-ethyl adjacent to an activating group) is 1. The van der Waals surface area contributed by atoms with Crippen molar-refractivity contribution in [3.8, 4) is 5.75 Å². The van der Waals surface area contributed by atoms with E-state index < -0.39 is 0 Å². The van der Waals surface area contributed by atoms with Gasteiger partial charge < -0.3 is 19.9 Å². The Kier molecular flexibility index (Phi) is 7.90. The number of benzene rings is 2. The molecule has 1 amide bonds. The molecule has 0 bridgehead atoms. The van der Waals surface area contributed by atoms with Gasteiger partial charge in [-0.25, -0.2) is 0 Å². The SMILES string of the molecule is CCCOc1cccc(C(=O)NC(=S)Nc2cccc(Cl)c2N2CCN(C)CC2)c1. The monoisotopic (exact) mass is 446 g/mol. The third-order valence-electron chi connectivity index (χ3n) is 4.85. The molecule has 0 atom stereocenters. The van der Waals surface area contributed by atoms with Gasteiger partial charge in [-0.05, 0) is 56.0 Å². The molecule has 0 aliphatic carbocycles. The number of nitrogens with one attached hydrogen (secondary N) is 2. The smallest absolute Gasteiger partial charge is 0.257 e. The minimum atomic E-state index is -0.294. The average Bonchev–Trinajstić information content (AvgIpc) is 2.73. The largest absolute Gasteiger partial charge is 0.494 e. The number of carbonyl (C=O) groups excluding carboxylic acids is 1.